The van der Waals surface area contributed by atoms with Crippen molar-refractivity contribution in [2.45, 2.75) is 23.6 Å². The standard InChI is InChI=1S/C25H24F2N6O5S/c1-31(14-25(34,15-32-17-28-16-29-32)23-11-4-19(26)12-24(23)27)13-18-2-9-22(10-3-18)39(37,38)30-20-5-7-21(8-6-20)33(35)36/h2-12,16-17,30,34H,13-15H2,1H3. The molecule has 4 aromatic rings. The van der Waals surface area contributed by atoms with Crippen LogP contribution in [0.25, 0.3) is 0 Å². The molecule has 2 N–H and O–H groups in total. The Hall–Kier alpha value is -4.27. The van der Waals surface area contributed by atoms with Crippen LogP contribution >= 0.6 is 0 Å². The Labute approximate surface area is 222 Å². The minimum Gasteiger partial charge on any atom is -0.382 e. The number of aromatic nitrogens is 3. The number of hydrogen-bond donors (Lipinski definition) is 2. The van der Waals surface area contributed by atoms with Crippen molar-refractivity contribution in [2.24, 2.45) is 0 Å². The highest BCUT2D eigenvalue weighted by atomic mass is 32.2. The van der Waals surface area contributed by atoms with Gasteiger partial charge in [0.2, 0.25) is 0 Å². The van der Waals surface area contributed by atoms with Gasteiger partial charge in [-0.05, 0) is 42.9 Å². The van der Waals surface area contributed by atoms with Crippen LogP contribution in [-0.4, -0.2) is 51.7 Å². The molecule has 3 aromatic carbocycles. The van der Waals surface area contributed by atoms with Gasteiger partial charge in [0.05, 0.1) is 16.4 Å². The smallest absolute Gasteiger partial charge is 0.269 e. The molecule has 0 radical (unpaired) electrons. The molecule has 1 unspecified atom stereocenters. The Kier molecular flexibility index (Phi) is 7.99. The molecule has 1 atom stereocenters. The first kappa shape index (κ1) is 27.8. The zero-order chi connectivity index (χ0) is 28.2. The number of benzene rings is 3. The summed E-state index contributed by atoms with van der Waals surface area (Å²) in [6.45, 7) is 0.0428. The van der Waals surface area contributed by atoms with Gasteiger partial charge in [-0.2, -0.15) is 5.10 Å². The lowest BCUT2D eigenvalue weighted by atomic mass is 9.92. The minimum atomic E-state index is -3.96. The predicted octanol–water partition coefficient (Wildman–Crippen LogP) is 3.29. The van der Waals surface area contributed by atoms with Crippen LogP contribution in [0, 0.1) is 21.7 Å². The summed E-state index contributed by atoms with van der Waals surface area (Å²) in [5, 5.41) is 26.3. The first-order chi connectivity index (χ1) is 18.4. The van der Waals surface area contributed by atoms with Crippen LogP contribution in [0.1, 0.15) is 11.1 Å². The quantitative estimate of drug-likeness (QED) is 0.211. The molecule has 0 bridgehead atoms. The third kappa shape index (κ3) is 6.79. The van der Waals surface area contributed by atoms with E-state index in [1.54, 1.807) is 24.1 Å². The molecule has 39 heavy (non-hydrogen) atoms. The number of sulfonamides is 1. The molecular formula is C25H24F2N6O5S. The third-order valence-corrected chi connectivity index (χ3v) is 7.27. The van der Waals surface area contributed by atoms with Gasteiger partial charge >= 0.3 is 0 Å². The molecule has 0 saturated carbocycles. The van der Waals surface area contributed by atoms with Crippen molar-refractivity contribution in [1.82, 2.24) is 19.7 Å². The summed E-state index contributed by atoms with van der Waals surface area (Å²) in [4.78, 5) is 15.7. The second-order valence-electron chi connectivity index (χ2n) is 8.97. The maximum atomic E-state index is 14.7. The molecule has 14 heteroatoms. The number of anilines is 1. The second-order valence-corrected chi connectivity index (χ2v) is 10.7. The van der Waals surface area contributed by atoms with Crippen LogP contribution in [-0.2, 0) is 28.7 Å². The van der Waals surface area contributed by atoms with Gasteiger partial charge in [0.1, 0.15) is 29.9 Å². The topological polar surface area (TPSA) is 143 Å². The molecule has 1 heterocycles. The summed E-state index contributed by atoms with van der Waals surface area (Å²) in [5.41, 5.74) is -1.19. The molecule has 11 nitrogen and oxygen atoms in total. The number of non-ortho nitro benzene ring substituents is 1. The first-order valence-electron chi connectivity index (χ1n) is 11.5. The molecular weight excluding hydrogens is 534 g/mol. The molecule has 0 spiro atoms. The summed E-state index contributed by atoms with van der Waals surface area (Å²) in [5.74, 6) is -1.67. The lowest BCUT2D eigenvalue weighted by molar-refractivity contribution is -0.384. The largest absolute Gasteiger partial charge is 0.382 e. The molecule has 1 aromatic heterocycles. The molecule has 204 valence electrons. The Morgan fingerprint density at radius 2 is 1.79 bits per heavy atom. The Morgan fingerprint density at radius 3 is 2.38 bits per heavy atom. The van der Waals surface area contributed by atoms with Gasteiger partial charge in [-0.1, -0.05) is 18.2 Å². The van der Waals surface area contributed by atoms with Gasteiger partial charge in [0.25, 0.3) is 15.7 Å². The number of nitro groups is 1. The summed E-state index contributed by atoms with van der Waals surface area (Å²) >= 11 is 0. The molecule has 4 rings (SSSR count). The van der Waals surface area contributed by atoms with Crippen molar-refractivity contribution in [1.29, 1.82) is 0 Å². The van der Waals surface area contributed by atoms with E-state index in [9.17, 15) is 32.4 Å². The number of halogens is 2. The normalized spacial score (nSPS) is 13.3. The van der Waals surface area contributed by atoms with E-state index >= 15 is 0 Å². The number of nitrogens with zero attached hydrogens (tertiary/aromatic N) is 5. The Morgan fingerprint density at radius 1 is 1.10 bits per heavy atom. The van der Waals surface area contributed by atoms with Gasteiger partial charge < -0.3 is 5.11 Å². The van der Waals surface area contributed by atoms with Gasteiger partial charge in [0, 0.05) is 42.5 Å². The van der Waals surface area contributed by atoms with E-state index in [2.05, 4.69) is 14.8 Å². The van der Waals surface area contributed by atoms with E-state index in [-0.39, 0.29) is 41.5 Å². The molecule has 0 fully saturated rings. The summed E-state index contributed by atoms with van der Waals surface area (Å²) < 4.78 is 57.4. The van der Waals surface area contributed by atoms with E-state index in [0.29, 0.717) is 11.6 Å². The highest BCUT2D eigenvalue weighted by molar-refractivity contribution is 7.92. The van der Waals surface area contributed by atoms with Gasteiger partial charge in [-0.3, -0.25) is 19.7 Å². The fraction of sp³-hybridized carbons (Fsp3) is 0.200. The number of nitrogens with one attached hydrogen (secondary N) is 1. The highest BCUT2D eigenvalue weighted by Gasteiger charge is 2.35. The Balaban J connectivity index is 1.47. The van der Waals surface area contributed by atoms with E-state index in [0.717, 1.165) is 6.07 Å². The summed E-state index contributed by atoms with van der Waals surface area (Å²) in [7, 11) is -2.27. The van der Waals surface area contributed by atoms with Gasteiger partial charge in [-0.15, -0.1) is 0 Å². The minimum absolute atomic E-state index is 0.0247. The van der Waals surface area contributed by atoms with Crippen molar-refractivity contribution in [3.05, 3.63) is 112 Å². The predicted molar refractivity (Wildman–Crippen MR) is 137 cm³/mol. The van der Waals surface area contributed by atoms with Crippen molar-refractivity contribution in [3.8, 4) is 0 Å². The van der Waals surface area contributed by atoms with Crippen molar-refractivity contribution in [3.63, 3.8) is 0 Å². The van der Waals surface area contributed by atoms with Crippen LogP contribution in [0.2, 0.25) is 0 Å². The maximum absolute atomic E-state index is 14.7. The monoisotopic (exact) mass is 558 g/mol. The third-order valence-electron chi connectivity index (χ3n) is 5.87. The molecule has 0 aliphatic carbocycles. The lowest BCUT2D eigenvalue weighted by Gasteiger charge is -2.33. The van der Waals surface area contributed by atoms with Crippen molar-refractivity contribution < 1.29 is 27.2 Å². The SMILES string of the molecule is CN(Cc1ccc(S(=O)(=O)Nc2ccc([N+](=O)[O-])cc2)cc1)CC(O)(Cn1cncn1)c1ccc(F)cc1F. The van der Waals surface area contributed by atoms with E-state index in [4.69, 9.17) is 0 Å². The van der Waals surface area contributed by atoms with Crippen LogP contribution in [0.3, 0.4) is 0 Å². The van der Waals surface area contributed by atoms with E-state index in [1.165, 1.54) is 59.8 Å². The van der Waals surface area contributed by atoms with Crippen LogP contribution in [0.15, 0.2) is 84.3 Å². The van der Waals surface area contributed by atoms with Crippen molar-refractivity contribution >= 4 is 21.4 Å². The zero-order valence-electron chi connectivity index (χ0n) is 20.6. The van der Waals surface area contributed by atoms with Crippen LogP contribution < -0.4 is 4.72 Å². The second kappa shape index (κ2) is 11.2. The molecule has 0 aliphatic heterocycles. The average molecular weight is 559 g/mol. The van der Waals surface area contributed by atoms with E-state index in [1.807, 2.05) is 0 Å². The fourth-order valence-electron chi connectivity index (χ4n) is 4.12. The lowest BCUT2D eigenvalue weighted by Crippen LogP contribution is -2.43. The number of hydrogen-bond acceptors (Lipinski definition) is 8. The number of nitro benzene ring substituents is 1. The average Bonchev–Trinajstić information content (AvgIpc) is 3.36. The molecule has 0 amide bonds. The van der Waals surface area contributed by atoms with E-state index < -0.39 is 32.2 Å². The van der Waals surface area contributed by atoms with Crippen LogP contribution in [0.5, 0.6) is 0 Å². The first-order valence-corrected chi connectivity index (χ1v) is 13.0. The molecule has 0 aliphatic rings. The number of aliphatic hydroxyl groups is 1. The van der Waals surface area contributed by atoms with Gasteiger partial charge in [0.15, 0.2) is 0 Å². The fourth-order valence-corrected chi connectivity index (χ4v) is 5.18. The number of rotatable bonds is 11. The summed E-state index contributed by atoms with van der Waals surface area (Å²) in [6, 6.07) is 13.9. The highest BCUT2D eigenvalue weighted by Crippen LogP contribution is 2.28. The number of likely N-dealkylation sites (N-methyl/N-ethyl adjacent to an activating group) is 1. The zero-order valence-corrected chi connectivity index (χ0v) is 21.4. The van der Waals surface area contributed by atoms with Gasteiger partial charge in [-0.25, -0.2) is 26.9 Å². The maximum Gasteiger partial charge on any atom is 0.269 e. The Bertz CT molecular complexity index is 1550. The summed E-state index contributed by atoms with van der Waals surface area (Å²) in [6.07, 6.45) is 2.65. The van der Waals surface area contributed by atoms with Crippen LogP contribution in [0.4, 0.5) is 20.2 Å². The molecule has 0 saturated heterocycles. The van der Waals surface area contributed by atoms with Crippen molar-refractivity contribution in [2.75, 3.05) is 18.3 Å².